The van der Waals surface area contributed by atoms with Gasteiger partial charge in [0.15, 0.2) is 0 Å². The number of pyridine rings is 1. The summed E-state index contributed by atoms with van der Waals surface area (Å²) in [6, 6.07) is 3.87. The van der Waals surface area contributed by atoms with E-state index in [0.717, 1.165) is 17.8 Å². The molecule has 0 bridgehead atoms. The van der Waals surface area contributed by atoms with E-state index in [9.17, 15) is 0 Å². The van der Waals surface area contributed by atoms with Crippen molar-refractivity contribution >= 4 is 11.9 Å². The van der Waals surface area contributed by atoms with Crippen LogP contribution >= 0.6 is 0 Å². The fraction of sp³-hybridized carbons (Fsp3) is 0.333. The van der Waals surface area contributed by atoms with Crippen LogP contribution in [0.5, 0.6) is 0 Å². The van der Waals surface area contributed by atoms with Crippen LogP contribution < -0.4 is 0 Å². The van der Waals surface area contributed by atoms with Crippen molar-refractivity contribution in [3.05, 3.63) is 24.0 Å². The standard InChI is InChI=1S/C9H12N2/c1-3-5-11-9-4-6-10-8(2)7-9/h4-7H,3H2,1-2H3. The van der Waals surface area contributed by atoms with Gasteiger partial charge in [-0.2, -0.15) is 0 Å². The van der Waals surface area contributed by atoms with Gasteiger partial charge in [0.2, 0.25) is 0 Å². The molecule has 0 N–H and O–H groups in total. The molecule has 0 fully saturated rings. The van der Waals surface area contributed by atoms with E-state index >= 15 is 0 Å². The molecule has 1 aromatic heterocycles. The fourth-order valence-electron chi connectivity index (χ4n) is 0.808. The molecule has 0 saturated carbocycles. The molecule has 0 aliphatic rings. The third-order valence-electron chi connectivity index (χ3n) is 1.30. The van der Waals surface area contributed by atoms with E-state index in [-0.39, 0.29) is 0 Å². The molecule has 11 heavy (non-hydrogen) atoms. The Morgan fingerprint density at radius 3 is 3.09 bits per heavy atom. The lowest BCUT2D eigenvalue weighted by Crippen LogP contribution is -1.77. The van der Waals surface area contributed by atoms with E-state index in [1.807, 2.05) is 25.3 Å². The highest BCUT2D eigenvalue weighted by molar-refractivity contribution is 5.62. The largest absolute Gasteiger partial charge is 0.261 e. The number of aryl methyl sites for hydroxylation is 1. The topological polar surface area (TPSA) is 25.2 Å². The summed E-state index contributed by atoms with van der Waals surface area (Å²) in [7, 11) is 0. The van der Waals surface area contributed by atoms with Gasteiger partial charge in [0.25, 0.3) is 0 Å². The van der Waals surface area contributed by atoms with Crippen molar-refractivity contribution in [2.45, 2.75) is 20.3 Å². The molecule has 0 spiro atoms. The van der Waals surface area contributed by atoms with Gasteiger partial charge in [0.1, 0.15) is 0 Å². The molecular weight excluding hydrogens is 136 g/mol. The van der Waals surface area contributed by atoms with Crippen LogP contribution in [0.1, 0.15) is 19.0 Å². The third kappa shape index (κ3) is 2.50. The summed E-state index contributed by atoms with van der Waals surface area (Å²) >= 11 is 0. The minimum atomic E-state index is 0.974. The lowest BCUT2D eigenvalue weighted by Gasteiger charge is -1.92. The average molecular weight is 148 g/mol. The zero-order valence-corrected chi connectivity index (χ0v) is 6.91. The van der Waals surface area contributed by atoms with Crippen LogP contribution in [0.25, 0.3) is 0 Å². The molecule has 58 valence electrons. The number of aromatic nitrogens is 1. The van der Waals surface area contributed by atoms with Gasteiger partial charge in [0.05, 0.1) is 5.69 Å². The summed E-state index contributed by atoms with van der Waals surface area (Å²) in [6.07, 6.45) is 4.65. The minimum Gasteiger partial charge on any atom is -0.261 e. The predicted octanol–water partition coefficient (Wildman–Crippen LogP) is 2.50. The Kier molecular flexibility index (Phi) is 2.78. The lowest BCUT2D eigenvalue weighted by molar-refractivity contribution is 1.19. The van der Waals surface area contributed by atoms with E-state index in [1.54, 1.807) is 6.20 Å². The second kappa shape index (κ2) is 3.86. The SMILES string of the molecule is CCC=Nc1ccnc(C)c1. The molecule has 1 aromatic rings. The number of nitrogens with zero attached hydrogens (tertiary/aromatic N) is 2. The Morgan fingerprint density at radius 2 is 2.45 bits per heavy atom. The number of rotatable bonds is 2. The highest BCUT2D eigenvalue weighted by atomic mass is 14.7. The van der Waals surface area contributed by atoms with Gasteiger partial charge in [-0.05, 0) is 25.5 Å². The summed E-state index contributed by atoms with van der Waals surface area (Å²) in [6.45, 7) is 4.03. The summed E-state index contributed by atoms with van der Waals surface area (Å²) < 4.78 is 0. The van der Waals surface area contributed by atoms with E-state index < -0.39 is 0 Å². The van der Waals surface area contributed by atoms with Gasteiger partial charge in [-0.15, -0.1) is 0 Å². The van der Waals surface area contributed by atoms with Crippen LogP contribution in [0.2, 0.25) is 0 Å². The Labute approximate surface area is 67.0 Å². The van der Waals surface area contributed by atoms with Gasteiger partial charge in [-0.1, -0.05) is 6.92 Å². The smallest absolute Gasteiger partial charge is 0.0659 e. The van der Waals surface area contributed by atoms with Gasteiger partial charge in [-0.25, -0.2) is 0 Å². The maximum Gasteiger partial charge on any atom is 0.0659 e. The second-order valence-corrected chi connectivity index (χ2v) is 2.38. The van der Waals surface area contributed by atoms with Crippen LogP contribution in [-0.2, 0) is 0 Å². The molecule has 0 radical (unpaired) electrons. The molecule has 0 atom stereocenters. The average Bonchev–Trinajstić information content (AvgIpc) is 2.01. The van der Waals surface area contributed by atoms with Crippen molar-refractivity contribution < 1.29 is 0 Å². The molecular formula is C9H12N2. The molecule has 0 amide bonds. The quantitative estimate of drug-likeness (QED) is 0.591. The maximum absolute atomic E-state index is 4.22. The van der Waals surface area contributed by atoms with E-state index in [2.05, 4.69) is 16.9 Å². The normalized spacial score (nSPS) is 10.7. The van der Waals surface area contributed by atoms with Crippen molar-refractivity contribution in [2.24, 2.45) is 4.99 Å². The molecule has 0 saturated heterocycles. The van der Waals surface area contributed by atoms with Crippen LogP contribution in [0, 0.1) is 6.92 Å². The van der Waals surface area contributed by atoms with Crippen molar-refractivity contribution in [1.29, 1.82) is 0 Å². The van der Waals surface area contributed by atoms with Gasteiger partial charge >= 0.3 is 0 Å². The first-order chi connectivity index (χ1) is 5.33. The Bertz CT molecular complexity index is 253. The monoisotopic (exact) mass is 148 g/mol. The molecule has 0 aromatic carbocycles. The first-order valence-corrected chi connectivity index (χ1v) is 3.78. The highest BCUT2D eigenvalue weighted by Crippen LogP contribution is 2.10. The molecule has 0 aliphatic carbocycles. The van der Waals surface area contributed by atoms with Crippen LogP contribution in [0.3, 0.4) is 0 Å². The first-order valence-electron chi connectivity index (χ1n) is 3.78. The van der Waals surface area contributed by atoms with Crippen LogP contribution in [-0.4, -0.2) is 11.2 Å². The Morgan fingerprint density at radius 1 is 1.64 bits per heavy atom. The summed E-state index contributed by atoms with van der Waals surface area (Å²) in [5, 5.41) is 0. The molecule has 2 nitrogen and oxygen atoms in total. The van der Waals surface area contributed by atoms with Crippen molar-refractivity contribution in [3.63, 3.8) is 0 Å². The molecule has 1 heterocycles. The molecule has 0 unspecified atom stereocenters. The number of hydrogen-bond acceptors (Lipinski definition) is 2. The van der Waals surface area contributed by atoms with E-state index in [4.69, 9.17) is 0 Å². The summed E-state index contributed by atoms with van der Waals surface area (Å²) in [4.78, 5) is 8.29. The van der Waals surface area contributed by atoms with Crippen LogP contribution in [0.4, 0.5) is 5.69 Å². The second-order valence-electron chi connectivity index (χ2n) is 2.38. The molecule has 2 heteroatoms. The van der Waals surface area contributed by atoms with Crippen LogP contribution in [0.15, 0.2) is 23.3 Å². The van der Waals surface area contributed by atoms with Crippen molar-refractivity contribution in [3.8, 4) is 0 Å². The van der Waals surface area contributed by atoms with Gasteiger partial charge < -0.3 is 0 Å². The molecule has 1 rings (SSSR count). The van der Waals surface area contributed by atoms with Crippen molar-refractivity contribution in [2.75, 3.05) is 0 Å². The highest BCUT2D eigenvalue weighted by Gasteiger charge is 1.87. The summed E-state index contributed by atoms with van der Waals surface area (Å²) in [5.74, 6) is 0. The number of aliphatic imine (C=N–C) groups is 1. The first kappa shape index (κ1) is 7.92. The fourth-order valence-corrected chi connectivity index (χ4v) is 0.808. The Balaban J connectivity index is 2.79. The van der Waals surface area contributed by atoms with Gasteiger partial charge in [0, 0.05) is 18.1 Å². The summed E-state index contributed by atoms with van der Waals surface area (Å²) in [5.41, 5.74) is 2.00. The van der Waals surface area contributed by atoms with E-state index in [1.165, 1.54) is 0 Å². The minimum absolute atomic E-state index is 0.974. The van der Waals surface area contributed by atoms with E-state index in [0.29, 0.717) is 0 Å². The lowest BCUT2D eigenvalue weighted by atomic mass is 10.3. The maximum atomic E-state index is 4.22. The molecule has 0 aliphatic heterocycles. The predicted molar refractivity (Wildman–Crippen MR) is 47.4 cm³/mol. The van der Waals surface area contributed by atoms with Gasteiger partial charge in [-0.3, -0.25) is 9.98 Å². The zero-order valence-electron chi connectivity index (χ0n) is 6.91. The Hall–Kier alpha value is -1.18. The number of hydrogen-bond donors (Lipinski definition) is 0. The van der Waals surface area contributed by atoms with Crippen molar-refractivity contribution in [1.82, 2.24) is 4.98 Å². The zero-order chi connectivity index (χ0) is 8.10. The third-order valence-corrected chi connectivity index (χ3v) is 1.30.